The molecule has 0 fully saturated rings. The van der Waals surface area contributed by atoms with E-state index >= 15 is 0 Å². The van der Waals surface area contributed by atoms with Gasteiger partial charge in [0.1, 0.15) is 5.54 Å². The van der Waals surface area contributed by atoms with Gasteiger partial charge in [-0.25, -0.2) is 4.68 Å². The van der Waals surface area contributed by atoms with Crippen LogP contribution in [0.2, 0.25) is 0 Å². The number of amides is 2. The molecule has 1 unspecified atom stereocenters. The molecule has 4 rings (SSSR count). The quantitative estimate of drug-likeness (QED) is 0.762. The summed E-state index contributed by atoms with van der Waals surface area (Å²) in [5.41, 5.74) is 7.87. The Balaban J connectivity index is 1.77. The van der Waals surface area contributed by atoms with Crippen molar-refractivity contribution < 1.29 is 9.59 Å². The van der Waals surface area contributed by atoms with Gasteiger partial charge in [0.05, 0.1) is 5.69 Å². The number of hydrogen-bond acceptors (Lipinski definition) is 3. The van der Waals surface area contributed by atoms with Crippen LogP contribution in [0.25, 0.3) is 5.69 Å². The van der Waals surface area contributed by atoms with Gasteiger partial charge in [-0.1, -0.05) is 42.5 Å². The fraction of sp³-hybridized carbons (Fsp3) is 0.227. The first-order valence-electron chi connectivity index (χ1n) is 9.30. The zero-order chi connectivity index (χ0) is 19.7. The average molecular weight is 374 g/mol. The number of anilines is 1. The summed E-state index contributed by atoms with van der Waals surface area (Å²) in [5.74, 6) is -0.336. The van der Waals surface area contributed by atoms with E-state index in [-0.39, 0.29) is 5.91 Å². The molecular weight excluding hydrogens is 352 g/mol. The van der Waals surface area contributed by atoms with E-state index in [2.05, 4.69) is 11.2 Å². The summed E-state index contributed by atoms with van der Waals surface area (Å²) < 4.78 is 1.69. The van der Waals surface area contributed by atoms with Gasteiger partial charge in [0.25, 0.3) is 0 Å². The van der Waals surface area contributed by atoms with Crippen molar-refractivity contribution in [1.29, 1.82) is 0 Å². The predicted molar refractivity (Wildman–Crippen MR) is 107 cm³/mol. The molecule has 0 radical (unpaired) electrons. The smallest absolute Gasteiger partial charge is 0.244 e. The summed E-state index contributed by atoms with van der Waals surface area (Å²) in [6.45, 7) is 1.45. The number of carbonyl (C=O) groups excluding carboxylic acids is 2. The second-order valence-corrected chi connectivity index (χ2v) is 7.15. The third kappa shape index (κ3) is 2.97. The lowest BCUT2D eigenvalue weighted by atomic mass is 9.76. The molecule has 1 atom stereocenters. The van der Waals surface area contributed by atoms with Crippen molar-refractivity contribution >= 4 is 17.6 Å². The molecule has 1 aliphatic rings. The van der Waals surface area contributed by atoms with Crippen LogP contribution < -0.4 is 10.6 Å². The Kier molecular flexibility index (Phi) is 4.47. The molecule has 6 nitrogen and oxygen atoms in total. The summed E-state index contributed by atoms with van der Waals surface area (Å²) in [7, 11) is 0. The second kappa shape index (κ2) is 6.96. The molecule has 1 heterocycles. The largest absolute Gasteiger partial charge is 0.368 e. The molecule has 0 bridgehead atoms. The molecule has 1 aromatic heterocycles. The van der Waals surface area contributed by atoms with Crippen molar-refractivity contribution in [3.8, 4) is 5.69 Å². The molecule has 0 aliphatic heterocycles. The standard InChI is InChI=1S/C22H22N4O2/c1-16(27)26(20-12-14-25(24-20)19-9-3-2-4-10-19)22(21(23)28)13-11-17-7-5-6-8-18(17)15-22/h2-10,12,14H,11,13,15H2,1H3,(H2,23,28). The Morgan fingerprint density at radius 3 is 2.39 bits per heavy atom. The van der Waals surface area contributed by atoms with Crippen LogP contribution in [-0.4, -0.2) is 27.1 Å². The monoisotopic (exact) mass is 374 g/mol. The number of rotatable bonds is 4. The van der Waals surface area contributed by atoms with Gasteiger partial charge in [-0.3, -0.25) is 14.5 Å². The van der Waals surface area contributed by atoms with Gasteiger partial charge in [0.2, 0.25) is 11.8 Å². The fourth-order valence-corrected chi connectivity index (χ4v) is 4.07. The van der Waals surface area contributed by atoms with Gasteiger partial charge in [0, 0.05) is 25.6 Å². The van der Waals surface area contributed by atoms with E-state index < -0.39 is 11.4 Å². The molecule has 0 saturated heterocycles. The maximum atomic E-state index is 12.7. The molecule has 0 spiro atoms. The first kappa shape index (κ1) is 18.0. The van der Waals surface area contributed by atoms with Crippen LogP contribution in [0.3, 0.4) is 0 Å². The number of aromatic nitrogens is 2. The number of hydrogen-bond donors (Lipinski definition) is 1. The second-order valence-electron chi connectivity index (χ2n) is 7.15. The lowest BCUT2D eigenvalue weighted by molar-refractivity contribution is -0.128. The van der Waals surface area contributed by atoms with Crippen LogP contribution in [0.15, 0.2) is 66.9 Å². The minimum absolute atomic E-state index is 0.253. The Morgan fingerprint density at radius 2 is 1.71 bits per heavy atom. The van der Waals surface area contributed by atoms with Crippen molar-refractivity contribution in [2.24, 2.45) is 5.73 Å². The summed E-state index contributed by atoms with van der Waals surface area (Å²) in [4.78, 5) is 26.8. The highest BCUT2D eigenvalue weighted by molar-refractivity contribution is 6.02. The highest BCUT2D eigenvalue weighted by Crippen LogP contribution is 2.36. The van der Waals surface area contributed by atoms with E-state index in [9.17, 15) is 9.59 Å². The predicted octanol–water partition coefficient (Wildman–Crippen LogP) is 2.64. The summed E-state index contributed by atoms with van der Waals surface area (Å²) in [6, 6.07) is 19.3. The maximum Gasteiger partial charge on any atom is 0.244 e. The normalized spacial score (nSPS) is 18.3. The number of primary amides is 1. The zero-order valence-corrected chi connectivity index (χ0v) is 15.7. The molecule has 1 aliphatic carbocycles. The zero-order valence-electron chi connectivity index (χ0n) is 15.7. The van der Waals surface area contributed by atoms with Crippen LogP contribution in [0.1, 0.15) is 24.5 Å². The minimum atomic E-state index is -1.13. The number of nitrogens with zero attached hydrogens (tertiary/aromatic N) is 3. The van der Waals surface area contributed by atoms with Gasteiger partial charge in [0.15, 0.2) is 5.82 Å². The highest BCUT2D eigenvalue weighted by Gasteiger charge is 2.47. The average Bonchev–Trinajstić information content (AvgIpc) is 3.17. The topological polar surface area (TPSA) is 81.2 Å². The number of aryl methyl sites for hydroxylation is 1. The van der Waals surface area contributed by atoms with Crippen molar-refractivity contribution in [2.75, 3.05) is 4.90 Å². The van der Waals surface area contributed by atoms with E-state index in [4.69, 9.17) is 5.73 Å². The van der Waals surface area contributed by atoms with Crippen LogP contribution in [0, 0.1) is 0 Å². The molecule has 28 heavy (non-hydrogen) atoms. The molecule has 2 aromatic carbocycles. The SMILES string of the molecule is CC(=O)N(c1ccn(-c2ccccc2)n1)C1(C(N)=O)CCc2ccccc2C1. The third-order valence-corrected chi connectivity index (χ3v) is 5.44. The van der Waals surface area contributed by atoms with E-state index in [0.717, 1.165) is 11.3 Å². The van der Waals surface area contributed by atoms with Crippen molar-refractivity contribution in [3.63, 3.8) is 0 Å². The summed E-state index contributed by atoms with van der Waals surface area (Å²) >= 11 is 0. The third-order valence-electron chi connectivity index (χ3n) is 5.44. The number of fused-ring (bicyclic) bond motifs is 1. The van der Waals surface area contributed by atoms with Crippen molar-refractivity contribution in [3.05, 3.63) is 78.0 Å². The minimum Gasteiger partial charge on any atom is -0.368 e. The van der Waals surface area contributed by atoms with Gasteiger partial charge in [-0.15, -0.1) is 5.10 Å². The fourth-order valence-electron chi connectivity index (χ4n) is 4.07. The van der Waals surface area contributed by atoms with E-state index in [1.165, 1.54) is 17.4 Å². The molecule has 2 amide bonds. The van der Waals surface area contributed by atoms with E-state index in [1.807, 2.05) is 48.5 Å². The highest BCUT2D eigenvalue weighted by atomic mass is 16.2. The summed E-state index contributed by atoms with van der Waals surface area (Å²) in [6.07, 6.45) is 3.32. The number of benzene rings is 2. The first-order chi connectivity index (χ1) is 13.5. The lowest BCUT2D eigenvalue weighted by Gasteiger charge is -2.43. The molecule has 6 heteroatoms. The molecular formula is C22H22N4O2. The Labute approximate surface area is 163 Å². The first-order valence-corrected chi connectivity index (χ1v) is 9.30. The number of carbonyl (C=O) groups is 2. The Hall–Kier alpha value is -3.41. The van der Waals surface area contributed by atoms with Gasteiger partial charge < -0.3 is 5.73 Å². The lowest BCUT2D eigenvalue weighted by Crippen LogP contribution is -2.62. The Morgan fingerprint density at radius 1 is 1.04 bits per heavy atom. The van der Waals surface area contributed by atoms with Crippen molar-refractivity contribution in [1.82, 2.24) is 9.78 Å². The van der Waals surface area contributed by atoms with E-state index in [0.29, 0.717) is 25.1 Å². The van der Waals surface area contributed by atoms with Crippen LogP contribution in [-0.2, 0) is 22.4 Å². The van der Waals surface area contributed by atoms with Crippen LogP contribution in [0.4, 0.5) is 5.82 Å². The van der Waals surface area contributed by atoms with Gasteiger partial charge in [-0.2, -0.15) is 0 Å². The molecule has 142 valence electrons. The summed E-state index contributed by atoms with van der Waals surface area (Å²) in [5, 5.41) is 4.57. The molecule has 0 saturated carbocycles. The van der Waals surface area contributed by atoms with Crippen molar-refractivity contribution in [2.45, 2.75) is 31.7 Å². The Bertz CT molecular complexity index is 1030. The van der Waals surface area contributed by atoms with Crippen LogP contribution in [0.5, 0.6) is 0 Å². The maximum absolute atomic E-state index is 12.7. The number of nitrogens with two attached hydrogens (primary N) is 1. The van der Waals surface area contributed by atoms with Crippen LogP contribution >= 0.6 is 0 Å². The number of para-hydroxylation sites is 1. The van der Waals surface area contributed by atoms with E-state index in [1.54, 1.807) is 16.9 Å². The van der Waals surface area contributed by atoms with Gasteiger partial charge in [-0.05, 0) is 36.1 Å². The molecule has 3 aromatic rings. The van der Waals surface area contributed by atoms with Gasteiger partial charge >= 0.3 is 0 Å². The molecule has 2 N–H and O–H groups in total.